The van der Waals surface area contributed by atoms with Crippen molar-refractivity contribution in [1.82, 2.24) is 14.8 Å². The molecule has 4 rings (SSSR count). The summed E-state index contributed by atoms with van der Waals surface area (Å²) in [4.78, 5) is 45.1. The predicted molar refractivity (Wildman–Crippen MR) is 123 cm³/mol. The minimum Gasteiger partial charge on any atom is -0.466 e. The van der Waals surface area contributed by atoms with Crippen molar-refractivity contribution >= 4 is 29.2 Å². The number of nitrogens with zero attached hydrogens (tertiary/aromatic N) is 3. The number of hydrogen-bond acceptors (Lipinski definition) is 5. The van der Waals surface area contributed by atoms with Gasteiger partial charge in [-0.25, -0.2) is 4.79 Å². The lowest BCUT2D eigenvalue weighted by molar-refractivity contribution is 0.0670. The van der Waals surface area contributed by atoms with E-state index >= 15 is 0 Å². The molecule has 9 heteroatoms. The maximum Gasteiger partial charge on any atom is 0.321 e. The fraction of sp³-hybridized carbons (Fsp3) is 0.250. The van der Waals surface area contributed by atoms with Gasteiger partial charge in [0.1, 0.15) is 11.5 Å². The van der Waals surface area contributed by atoms with Crippen molar-refractivity contribution in [2.45, 2.75) is 13.8 Å². The van der Waals surface area contributed by atoms with Gasteiger partial charge in [0.25, 0.3) is 11.8 Å². The fourth-order valence-corrected chi connectivity index (χ4v) is 3.70. The second kappa shape index (κ2) is 9.56. The molecule has 33 heavy (non-hydrogen) atoms. The highest BCUT2D eigenvalue weighted by molar-refractivity contribution is 6.04. The van der Waals surface area contributed by atoms with Gasteiger partial charge in [-0.15, -0.1) is 0 Å². The number of carbonyl (C=O) groups excluding carboxylic acids is 3. The zero-order valence-corrected chi connectivity index (χ0v) is 18.5. The summed E-state index contributed by atoms with van der Waals surface area (Å²) in [6.45, 7) is 5.31. The zero-order valence-electron chi connectivity index (χ0n) is 18.5. The van der Waals surface area contributed by atoms with Crippen LogP contribution >= 0.6 is 0 Å². The number of furan rings is 1. The van der Waals surface area contributed by atoms with Gasteiger partial charge in [0, 0.05) is 49.9 Å². The van der Waals surface area contributed by atoms with E-state index in [9.17, 15) is 14.4 Å². The molecule has 0 spiro atoms. The molecule has 3 aromatic rings. The standard InChI is InChI=1S/C24H25N5O4/c1-16-13-21(17(2)33-16)23(31)28-9-11-29(12-10-28)24(32)27-20-7-3-6-19(14-20)26-22(30)18-5-4-8-25-15-18/h3-8,13-15H,9-12H2,1-2H3,(H,26,30)(H,27,32). The van der Waals surface area contributed by atoms with Crippen LogP contribution in [-0.4, -0.2) is 58.8 Å². The van der Waals surface area contributed by atoms with Crippen molar-refractivity contribution in [3.05, 3.63) is 77.5 Å². The molecule has 1 fully saturated rings. The highest BCUT2D eigenvalue weighted by atomic mass is 16.3. The van der Waals surface area contributed by atoms with Crippen LogP contribution in [0.2, 0.25) is 0 Å². The lowest BCUT2D eigenvalue weighted by Crippen LogP contribution is -2.51. The number of amides is 4. The van der Waals surface area contributed by atoms with E-state index in [1.165, 1.54) is 6.20 Å². The Morgan fingerprint density at radius 2 is 1.61 bits per heavy atom. The number of benzene rings is 1. The van der Waals surface area contributed by atoms with E-state index in [0.717, 1.165) is 0 Å². The summed E-state index contributed by atoms with van der Waals surface area (Å²) in [5.41, 5.74) is 2.13. The predicted octanol–water partition coefficient (Wildman–Crippen LogP) is 3.53. The highest BCUT2D eigenvalue weighted by Gasteiger charge is 2.27. The van der Waals surface area contributed by atoms with Crippen LogP contribution in [0.25, 0.3) is 0 Å². The molecule has 1 aliphatic rings. The third-order valence-corrected chi connectivity index (χ3v) is 5.42. The first-order valence-electron chi connectivity index (χ1n) is 10.6. The number of urea groups is 1. The van der Waals surface area contributed by atoms with Crippen molar-refractivity contribution in [1.29, 1.82) is 0 Å². The smallest absolute Gasteiger partial charge is 0.321 e. The Hall–Kier alpha value is -4.14. The number of aromatic nitrogens is 1. The molecule has 0 atom stereocenters. The van der Waals surface area contributed by atoms with Crippen LogP contribution in [-0.2, 0) is 0 Å². The number of piperazine rings is 1. The van der Waals surface area contributed by atoms with E-state index in [1.807, 2.05) is 6.92 Å². The molecule has 0 saturated carbocycles. The third kappa shape index (κ3) is 5.20. The van der Waals surface area contributed by atoms with Crippen LogP contribution in [0, 0.1) is 13.8 Å². The first-order chi connectivity index (χ1) is 15.9. The van der Waals surface area contributed by atoms with Crippen LogP contribution < -0.4 is 10.6 Å². The monoisotopic (exact) mass is 447 g/mol. The van der Waals surface area contributed by atoms with Gasteiger partial charge >= 0.3 is 6.03 Å². The molecule has 0 bridgehead atoms. The molecule has 1 aliphatic heterocycles. The Labute approximate surface area is 191 Å². The summed E-state index contributed by atoms with van der Waals surface area (Å²) < 4.78 is 5.46. The SMILES string of the molecule is Cc1cc(C(=O)N2CCN(C(=O)Nc3cccc(NC(=O)c4cccnc4)c3)CC2)c(C)o1. The van der Waals surface area contributed by atoms with E-state index in [1.54, 1.807) is 65.4 Å². The Bertz CT molecular complexity index is 1170. The molecule has 1 aromatic carbocycles. The minimum atomic E-state index is -0.282. The van der Waals surface area contributed by atoms with Gasteiger partial charge in [-0.2, -0.15) is 0 Å². The minimum absolute atomic E-state index is 0.0820. The molecule has 0 aliphatic carbocycles. The van der Waals surface area contributed by atoms with Crippen LogP contribution in [0.15, 0.2) is 59.3 Å². The normalized spacial score (nSPS) is 13.5. The van der Waals surface area contributed by atoms with Crippen molar-refractivity contribution in [3.63, 3.8) is 0 Å². The van der Waals surface area contributed by atoms with E-state index in [0.29, 0.717) is 60.2 Å². The molecule has 0 radical (unpaired) electrons. The lowest BCUT2D eigenvalue weighted by atomic mass is 10.2. The van der Waals surface area contributed by atoms with E-state index in [2.05, 4.69) is 15.6 Å². The first-order valence-corrected chi connectivity index (χ1v) is 10.6. The van der Waals surface area contributed by atoms with E-state index in [4.69, 9.17) is 4.42 Å². The number of pyridine rings is 1. The molecule has 2 N–H and O–H groups in total. The average Bonchev–Trinajstić information content (AvgIpc) is 3.17. The van der Waals surface area contributed by atoms with Crippen LogP contribution in [0.4, 0.5) is 16.2 Å². The molecule has 0 unspecified atom stereocenters. The molecular formula is C24H25N5O4. The molecular weight excluding hydrogens is 422 g/mol. The van der Waals surface area contributed by atoms with Gasteiger partial charge in [0.15, 0.2) is 0 Å². The summed E-state index contributed by atoms with van der Waals surface area (Å²) in [7, 11) is 0. The van der Waals surface area contributed by atoms with Crippen molar-refractivity contribution in [3.8, 4) is 0 Å². The van der Waals surface area contributed by atoms with E-state index in [-0.39, 0.29) is 17.8 Å². The summed E-state index contributed by atoms with van der Waals surface area (Å²) in [6, 6.07) is 11.8. The van der Waals surface area contributed by atoms with Crippen LogP contribution in [0.5, 0.6) is 0 Å². The summed E-state index contributed by atoms with van der Waals surface area (Å²) in [5.74, 6) is 0.942. The molecule has 1 saturated heterocycles. The number of hydrogen-bond donors (Lipinski definition) is 2. The molecule has 170 valence electrons. The number of rotatable bonds is 4. The summed E-state index contributed by atoms with van der Waals surface area (Å²) in [5, 5.41) is 5.65. The maximum absolute atomic E-state index is 12.7. The van der Waals surface area contributed by atoms with Crippen LogP contribution in [0.3, 0.4) is 0 Å². The van der Waals surface area contributed by atoms with Crippen LogP contribution in [0.1, 0.15) is 32.2 Å². The quantitative estimate of drug-likeness (QED) is 0.636. The van der Waals surface area contributed by atoms with Gasteiger partial charge in [0.2, 0.25) is 0 Å². The van der Waals surface area contributed by atoms with Gasteiger partial charge in [-0.05, 0) is 50.2 Å². The number of carbonyl (C=O) groups is 3. The van der Waals surface area contributed by atoms with Gasteiger partial charge in [-0.1, -0.05) is 6.07 Å². The Balaban J connectivity index is 1.32. The second-order valence-corrected chi connectivity index (χ2v) is 7.81. The van der Waals surface area contributed by atoms with Crippen molar-refractivity contribution in [2.75, 3.05) is 36.8 Å². The lowest BCUT2D eigenvalue weighted by Gasteiger charge is -2.34. The van der Waals surface area contributed by atoms with Gasteiger partial charge in [-0.3, -0.25) is 14.6 Å². The number of aryl methyl sites for hydroxylation is 2. The Morgan fingerprint density at radius 3 is 2.24 bits per heavy atom. The average molecular weight is 447 g/mol. The molecule has 9 nitrogen and oxygen atoms in total. The van der Waals surface area contributed by atoms with E-state index < -0.39 is 0 Å². The Morgan fingerprint density at radius 1 is 0.909 bits per heavy atom. The van der Waals surface area contributed by atoms with Gasteiger partial charge < -0.3 is 24.9 Å². The van der Waals surface area contributed by atoms with Gasteiger partial charge in [0.05, 0.1) is 11.1 Å². The zero-order chi connectivity index (χ0) is 23.4. The first kappa shape index (κ1) is 22.1. The molecule has 4 amide bonds. The highest BCUT2D eigenvalue weighted by Crippen LogP contribution is 2.19. The van der Waals surface area contributed by atoms with Crippen molar-refractivity contribution < 1.29 is 18.8 Å². The molecule has 3 heterocycles. The summed E-state index contributed by atoms with van der Waals surface area (Å²) in [6.07, 6.45) is 3.09. The fourth-order valence-electron chi connectivity index (χ4n) is 3.70. The third-order valence-electron chi connectivity index (χ3n) is 5.42. The largest absolute Gasteiger partial charge is 0.466 e. The number of nitrogens with one attached hydrogen (secondary N) is 2. The maximum atomic E-state index is 12.7. The summed E-state index contributed by atoms with van der Waals surface area (Å²) >= 11 is 0. The topological polar surface area (TPSA) is 108 Å². The van der Waals surface area contributed by atoms with Crippen molar-refractivity contribution in [2.24, 2.45) is 0 Å². The second-order valence-electron chi connectivity index (χ2n) is 7.81. The molecule has 2 aromatic heterocycles. The number of anilines is 2. The Kier molecular flexibility index (Phi) is 6.39.